The van der Waals surface area contributed by atoms with Crippen molar-refractivity contribution in [2.45, 2.75) is 18.9 Å². The van der Waals surface area contributed by atoms with Gasteiger partial charge in [0.2, 0.25) is 5.91 Å². The van der Waals surface area contributed by atoms with Gasteiger partial charge < -0.3 is 31.8 Å². The Labute approximate surface area is 153 Å². The first-order valence-electron chi connectivity index (χ1n) is 8.46. The number of hydrogen-bond donors (Lipinski definition) is 5. The average Bonchev–Trinajstić information content (AvgIpc) is 3.22. The number of fused-ring (bicyclic) bond motifs is 3. The third-order valence-electron chi connectivity index (χ3n) is 4.65. The van der Waals surface area contributed by atoms with E-state index in [1.807, 2.05) is 0 Å². The largest absolute Gasteiger partial charge is 0.496 e. The molecule has 27 heavy (non-hydrogen) atoms. The van der Waals surface area contributed by atoms with Gasteiger partial charge in [-0.05, 0) is 18.6 Å². The number of imidazole rings is 1. The molecule has 0 radical (unpaired) electrons. The van der Waals surface area contributed by atoms with E-state index in [0.29, 0.717) is 41.1 Å². The fourth-order valence-electron chi connectivity index (χ4n) is 3.35. The highest BCUT2D eigenvalue weighted by Gasteiger charge is 2.22. The smallest absolute Gasteiger partial charge is 0.252 e. The lowest BCUT2D eigenvalue weighted by Crippen LogP contribution is -2.32. The molecule has 4 rings (SSSR count). The zero-order valence-electron chi connectivity index (χ0n) is 14.6. The highest BCUT2D eigenvalue weighted by atomic mass is 16.5. The molecule has 7 N–H and O–H groups in total. The minimum Gasteiger partial charge on any atom is -0.496 e. The molecule has 0 bridgehead atoms. The number of pyridine rings is 1. The van der Waals surface area contributed by atoms with Crippen LogP contribution in [0.3, 0.4) is 0 Å². The number of nitrogen functional groups attached to an aromatic ring is 1. The molecule has 10 nitrogen and oxygen atoms in total. The van der Waals surface area contributed by atoms with E-state index in [4.69, 9.17) is 16.2 Å². The first-order chi connectivity index (χ1) is 13.0. The maximum Gasteiger partial charge on any atom is 0.252 e. The fraction of sp³-hybridized carbons (Fsp3) is 0.294. The van der Waals surface area contributed by atoms with Crippen LogP contribution < -0.4 is 26.8 Å². The number of carbonyl (C=O) groups excluding carboxylic acids is 2. The molecule has 1 aromatic carbocycles. The summed E-state index contributed by atoms with van der Waals surface area (Å²) in [6.45, 7) is 0.513. The number of ether oxygens (including phenoxy) is 1. The number of nitrogens with one attached hydrogen (secondary N) is 3. The molecule has 3 heterocycles. The Morgan fingerprint density at radius 1 is 1.37 bits per heavy atom. The fourth-order valence-corrected chi connectivity index (χ4v) is 3.35. The Balaban J connectivity index is 1.85. The first-order valence-corrected chi connectivity index (χ1v) is 8.46. The summed E-state index contributed by atoms with van der Waals surface area (Å²) in [6, 6.07) is 3.37. The van der Waals surface area contributed by atoms with Crippen LogP contribution in [0.25, 0.3) is 21.9 Å². The van der Waals surface area contributed by atoms with Gasteiger partial charge in [0, 0.05) is 29.8 Å². The van der Waals surface area contributed by atoms with Crippen molar-refractivity contribution in [2.75, 3.05) is 24.7 Å². The number of rotatable bonds is 5. The molecule has 3 aromatic rings. The Kier molecular flexibility index (Phi) is 3.94. The molecule has 1 aliphatic rings. The lowest BCUT2D eigenvalue weighted by molar-refractivity contribution is -0.119. The van der Waals surface area contributed by atoms with Gasteiger partial charge >= 0.3 is 0 Å². The van der Waals surface area contributed by atoms with Crippen LogP contribution in [0.15, 0.2) is 12.1 Å². The lowest BCUT2D eigenvalue weighted by atomic mass is 10.1. The second-order valence-electron chi connectivity index (χ2n) is 6.43. The van der Waals surface area contributed by atoms with Gasteiger partial charge in [0.15, 0.2) is 11.6 Å². The molecule has 1 atom stereocenters. The Hall–Kier alpha value is -3.56. The maximum atomic E-state index is 11.8. The van der Waals surface area contributed by atoms with Crippen LogP contribution in [0.1, 0.15) is 23.2 Å². The summed E-state index contributed by atoms with van der Waals surface area (Å²) >= 11 is 0. The van der Waals surface area contributed by atoms with Crippen molar-refractivity contribution in [2.24, 2.45) is 5.73 Å². The highest BCUT2D eigenvalue weighted by Crippen LogP contribution is 2.34. The summed E-state index contributed by atoms with van der Waals surface area (Å²) in [4.78, 5) is 34.9. The first kappa shape index (κ1) is 16.9. The van der Waals surface area contributed by atoms with E-state index in [0.717, 1.165) is 11.8 Å². The number of nitrogens with two attached hydrogens (primary N) is 2. The zero-order valence-corrected chi connectivity index (χ0v) is 14.6. The SMILES string of the molecule is COc1cc2c(NC[C@@H]3CCC(=O)N3)nc3nc(N)[nH]c3c2cc1C(N)=O. The number of H-pyrrole nitrogens is 1. The molecule has 0 unspecified atom stereocenters. The maximum absolute atomic E-state index is 11.8. The number of amides is 2. The highest BCUT2D eigenvalue weighted by molar-refractivity contribution is 6.12. The van der Waals surface area contributed by atoms with Crippen molar-refractivity contribution in [1.29, 1.82) is 0 Å². The third-order valence-corrected chi connectivity index (χ3v) is 4.65. The van der Waals surface area contributed by atoms with Gasteiger partial charge in [-0.15, -0.1) is 0 Å². The molecule has 1 aliphatic heterocycles. The number of aromatic nitrogens is 3. The number of carbonyl (C=O) groups is 2. The number of aromatic amines is 1. The summed E-state index contributed by atoms with van der Waals surface area (Å²) in [7, 11) is 1.47. The van der Waals surface area contributed by atoms with Crippen molar-refractivity contribution in [3.05, 3.63) is 17.7 Å². The number of primary amides is 1. The minimum atomic E-state index is -0.602. The molecule has 2 aromatic heterocycles. The summed E-state index contributed by atoms with van der Waals surface area (Å²) in [5, 5.41) is 7.57. The van der Waals surface area contributed by atoms with Crippen LogP contribution in [0.4, 0.5) is 11.8 Å². The number of nitrogens with zero attached hydrogens (tertiary/aromatic N) is 2. The molecule has 2 amide bonds. The molecular formula is C17H19N7O3. The average molecular weight is 369 g/mol. The van der Waals surface area contributed by atoms with Gasteiger partial charge in [-0.25, -0.2) is 4.98 Å². The van der Waals surface area contributed by atoms with E-state index in [2.05, 4.69) is 25.6 Å². The quantitative estimate of drug-likeness (QED) is 0.437. The second kappa shape index (κ2) is 6.31. The number of benzene rings is 1. The second-order valence-corrected chi connectivity index (χ2v) is 6.43. The predicted molar refractivity (Wildman–Crippen MR) is 101 cm³/mol. The van der Waals surface area contributed by atoms with E-state index in [1.165, 1.54) is 7.11 Å². The van der Waals surface area contributed by atoms with Crippen molar-refractivity contribution in [1.82, 2.24) is 20.3 Å². The van der Waals surface area contributed by atoms with Crippen LogP contribution >= 0.6 is 0 Å². The van der Waals surface area contributed by atoms with Crippen molar-refractivity contribution >= 4 is 45.5 Å². The standard InChI is InChI=1S/C17H19N7O3/c1-27-11-5-9-8(4-10(11)14(18)26)13-16(24-17(19)22-13)23-15(9)20-6-7-2-3-12(25)21-7/h4-5,7H,2-3,6H2,1H3,(H2,18,26)(H,21,25)(H4,19,20,22,23,24)/t7-/m0/s1. The molecule has 140 valence electrons. The number of hydrogen-bond acceptors (Lipinski definition) is 7. The molecule has 0 spiro atoms. The zero-order chi connectivity index (χ0) is 19.1. The van der Waals surface area contributed by atoms with Crippen LogP contribution in [-0.2, 0) is 4.79 Å². The van der Waals surface area contributed by atoms with Crippen LogP contribution in [0, 0.1) is 0 Å². The van der Waals surface area contributed by atoms with Gasteiger partial charge in [-0.3, -0.25) is 9.59 Å². The Bertz CT molecular complexity index is 1080. The van der Waals surface area contributed by atoms with Crippen LogP contribution in [-0.4, -0.2) is 46.5 Å². The third kappa shape index (κ3) is 2.94. The van der Waals surface area contributed by atoms with E-state index >= 15 is 0 Å². The molecule has 1 fully saturated rings. The van der Waals surface area contributed by atoms with Gasteiger partial charge in [0.05, 0.1) is 18.2 Å². The van der Waals surface area contributed by atoms with Crippen molar-refractivity contribution < 1.29 is 14.3 Å². The van der Waals surface area contributed by atoms with E-state index in [1.54, 1.807) is 12.1 Å². The normalized spacial score (nSPS) is 16.6. The molecule has 0 saturated carbocycles. The topological polar surface area (TPSA) is 161 Å². The monoisotopic (exact) mass is 369 g/mol. The van der Waals surface area contributed by atoms with E-state index < -0.39 is 5.91 Å². The van der Waals surface area contributed by atoms with Gasteiger partial charge in [-0.2, -0.15) is 4.98 Å². The summed E-state index contributed by atoms with van der Waals surface area (Å²) < 4.78 is 5.32. The molecule has 10 heteroatoms. The van der Waals surface area contributed by atoms with Crippen LogP contribution in [0.2, 0.25) is 0 Å². The Morgan fingerprint density at radius 3 is 2.85 bits per heavy atom. The van der Waals surface area contributed by atoms with Gasteiger partial charge in [0.25, 0.3) is 5.91 Å². The minimum absolute atomic E-state index is 0.0288. The molecular weight excluding hydrogens is 350 g/mol. The summed E-state index contributed by atoms with van der Waals surface area (Å²) in [5.41, 5.74) is 12.5. The number of anilines is 2. The van der Waals surface area contributed by atoms with E-state index in [-0.39, 0.29) is 23.5 Å². The van der Waals surface area contributed by atoms with Gasteiger partial charge in [0.1, 0.15) is 11.6 Å². The van der Waals surface area contributed by atoms with Crippen molar-refractivity contribution in [3.8, 4) is 5.75 Å². The van der Waals surface area contributed by atoms with Gasteiger partial charge in [-0.1, -0.05) is 0 Å². The van der Waals surface area contributed by atoms with Crippen molar-refractivity contribution in [3.63, 3.8) is 0 Å². The Morgan fingerprint density at radius 2 is 2.19 bits per heavy atom. The predicted octanol–water partition coefficient (Wildman–Crippen LogP) is 0.491. The molecule has 0 aliphatic carbocycles. The number of methoxy groups -OCH3 is 1. The van der Waals surface area contributed by atoms with Crippen LogP contribution in [0.5, 0.6) is 5.75 Å². The van der Waals surface area contributed by atoms with E-state index in [9.17, 15) is 9.59 Å². The summed E-state index contributed by atoms with van der Waals surface area (Å²) in [5.74, 6) is 0.563. The molecule has 1 saturated heterocycles. The summed E-state index contributed by atoms with van der Waals surface area (Å²) in [6.07, 6.45) is 1.28. The lowest BCUT2D eigenvalue weighted by Gasteiger charge is -2.15.